The van der Waals surface area contributed by atoms with Crippen molar-refractivity contribution in [2.75, 3.05) is 13.1 Å². The highest BCUT2D eigenvalue weighted by Gasteiger charge is 2.41. The second kappa shape index (κ2) is 6.60. The number of hydrogen-bond acceptors (Lipinski definition) is 4. The molecule has 1 fully saturated rings. The van der Waals surface area contributed by atoms with E-state index < -0.39 is 22.2 Å². The molecule has 1 aromatic rings. The number of rotatable bonds is 5. The molecule has 0 aromatic carbocycles. The van der Waals surface area contributed by atoms with Gasteiger partial charge in [0.05, 0.1) is 4.34 Å². The Kier molecular flexibility index (Phi) is 5.24. The van der Waals surface area contributed by atoms with E-state index >= 15 is 0 Å². The van der Waals surface area contributed by atoms with Crippen LogP contribution in [-0.2, 0) is 14.8 Å². The van der Waals surface area contributed by atoms with Gasteiger partial charge in [0.25, 0.3) is 10.0 Å². The number of hydrogen-bond donors (Lipinski definition) is 1. The Labute approximate surface area is 132 Å². The minimum atomic E-state index is -3.78. The standard InChI is InChI=1S/C12H16ClFN2O3S2/c1-2-11(17)15-6-9-5-8(14)7-16(9)21(18,19)12-4-3-10(13)20-12/h3-4,8-9H,2,5-7H2,1H3,(H,15,17). The van der Waals surface area contributed by atoms with Gasteiger partial charge in [-0.3, -0.25) is 4.79 Å². The van der Waals surface area contributed by atoms with E-state index in [9.17, 15) is 17.6 Å². The summed E-state index contributed by atoms with van der Waals surface area (Å²) in [4.78, 5) is 11.3. The van der Waals surface area contributed by atoms with Gasteiger partial charge in [-0.2, -0.15) is 4.31 Å². The van der Waals surface area contributed by atoms with Crippen LogP contribution >= 0.6 is 22.9 Å². The molecule has 1 saturated heterocycles. The molecule has 0 bridgehead atoms. The van der Waals surface area contributed by atoms with E-state index in [0.29, 0.717) is 10.8 Å². The van der Waals surface area contributed by atoms with Gasteiger partial charge in [-0.15, -0.1) is 11.3 Å². The summed E-state index contributed by atoms with van der Waals surface area (Å²) in [5, 5.41) is 2.62. The summed E-state index contributed by atoms with van der Waals surface area (Å²) in [6.45, 7) is 1.63. The van der Waals surface area contributed by atoms with Crippen molar-refractivity contribution in [1.29, 1.82) is 0 Å². The first kappa shape index (κ1) is 16.7. The Hall–Kier alpha value is -0.700. The van der Waals surface area contributed by atoms with Gasteiger partial charge in [0.2, 0.25) is 5.91 Å². The van der Waals surface area contributed by atoms with Crippen LogP contribution in [-0.4, -0.2) is 43.9 Å². The highest BCUT2D eigenvalue weighted by atomic mass is 35.5. The lowest BCUT2D eigenvalue weighted by atomic mass is 10.2. The molecule has 1 amide bonds. The molecule has 1 aliphatic rings. The zero-order valence-corrected chi connectivity index (χ0v) is 13.8. The number of nitrogens with one attached hydrogen (secondary N) is 1. The average Bonchev–Trinajstić information content (AvgIpc) is 3.02. The van der Waals surface area contributed by atoms with Crippen LogP contribution in [0.25, 0.3) is 0 Å². The van der Waals surface area contributed by atoms with Crippen LogP contribution in [0.15, 0.2) is 16.3 Å². The molecule has 2 atom stereocenters. The molecule has 1 aliphatic heterocycles. The van der Waals surface area contributed by atoms with Crippen molar-refractivity contribution in [1.82, 2.24) is 9.62 Å². The lowest BCUT2D eigenvalue weighted by Crippen LogP contribution is -2.42. The van der Waals surface area contributed by atoms with Crippen molar-refractivity contribution in [2.45, 2.75) is 36.2 Å². The highest BCUT2D eigenvalue weighted by molar-refractivity contribution is 7.91. The van der Waals surface area contributed by atoms with Crippen LogP contribution in [0.4, 0.5) is 4.39 Å². The fourth-order valence-corrected chi connectivity index (χ4v) is 5.49. The van der Waals surface area contributed by atoms with E-state index in [2.05, 4.69) is 5.32 Å². The molecule has 2 rings (SSSR count). The SMILES string of the molecule is CCC(=O)NCC1CC(F)CN1S(=O)(=O)c1ccc(Cl)s1. The largest absolute Gasteiger partial charge is 0.355 e. The zero-order chi connectivity index (χ0) is 15.6. The maximum absolute atomic E-state index is 13.6. The Balaban J connectivity index is 2.17. The molecule has 5 nitrogen and oxygen atoms in total. The Bertz CT molecular complexity index is 620. The van der Waals surface area contributed by atoms with Gasteiger partial charge in [-0.25, -0.2) is 12.8 Å². The van der Waals surface area contributed by atoms with Gasteiger partial charge in [-0.05, 0) is 18.6 Å². The summed E-state index contributed by atoms with van der Waals surface area (Å²) in [5.74, 6) is -0.186. The van der Waals surface area contributed by atoms with Crippen molar-refractivity contribution in [3.05, 3.63) is 16.5 Å². The summed E-state index contributed by atoms with van der Waals surface area (Å²) in [5.41, 5.74) is 0. The fourth-order valence-electron chi connectivity index (χ4n) is 2.22. The molecule has 0 spiro atoms. The minimum Gasteiger partial charge on any atom is -0.355 e. The van der Waals surface area contributed by atoms with Gasteiger partial charge in [0, 0.05) is 25.6 Å². The van der Waals surface area contributed by atoms with E-state index in [-0.39, 0.29) is 29.6 Å². The van der Waals surface area contributed by atoms with E-state index in [4.69, 9.17) is 11.6 Å². The van der Waals surface area contributed by atoms with Gasteiger partial charge in [-0.1, -0.05) is 18.5 Å². The second-order valence-electron chi connectivity index (χ2n) is 4.78. The molecule has 0 aliphatic carbocycles. The number of sulfonamides is 1. The first-order valence-corrected chi connectivity index (χ1v) is 9.16. The van der Waals surface area contributed by atoms with Crippen molar-refractivity contribution in [3.63, 3.8) is 0 Å². The van der Waals surface area contributed by atoms with Gasteiger partial charge < -0.3 is 5.32 Å². The number of alkyl halides is 1. The van der Waals surface area contributed by atoms with Crippen LogP contribution < -0.4 is 5.32 Å². The molecular formula is C12H16ClFN2O3S2. The molecule has 0 radical (unpaired) electrons. The highest BCUT2D eigenvalue weighted by Crippen LogP contribution is 2.32. The summed E-state index contributed by atoms with van der Waals surface area (Å²) < 4.78 is 40.2. The van der Waals surface area contributed by atoms with Crippen LogP contribution in [0.2, 0.25) is 4.34 Å². The topological polar surface area (TPSA) is 66.5 Å². The average molecular weight is 355 g/mol. The normalized spacial score (nSPS) is 23.4. The third-order valence-corrected chi connectivity index (χ3v) is 6.90. The number of thiophene rings is 1. The molecular weight excluding hydrogens is 339 g/mol. The van der Waals surface area contributed by atoms with Gasteiger partial charge in [0.15, 0.2) is 0 Å². The Morgan fingerprint density at radius 1 is 1.57 bits per heavy atom. The summed E-state index contributed by atoms with van der Waals surface area (Å²) in [7, 11) is -3.78. The molecule has 118 valence electrons. The molecule has 2 unspecified atom stereocenters. The number of amides is 1. The molecule has 1 N–H and O–H groups in total. The predicted molar refractivity (Wildman–Crippen MR) is 79.8 cm³/mol. The van der Waals surface area contributed by atoms with E-state index in [1.54, 1.807) is 6.92 Å². The molecule has 2 heterocycles. The number of halogens is 2. The van der Waals surface area contributed by atoms with Crippen LogP contribution in [0.1, 0.15) is 19.8 Å². The molecule has 9 heteroatoms. The number of nitrogens with zero attached hydrogens (tertiary/aromatic N) is 1. The first-order valence-electron chi connectivity index (χ1n) is 6.52. The monoisotopic (exact) mass is 354 g/mol. The second-order valence-corrected chi connectivity index (χ2v) is 8.61. The lowest BCUT2D eigenvalue weighted by Gasteiger charge is -2.23. The molecule has 21 heavy (non-hydrogen) atoms. The van der Waals surface area contributed by atoms with E-state index in [0.717, 1.165) is 15.6 Å². The Morgan fingerprint density at radius 3 is 2.86 bits per heavy atom. The van der Waals surface area contributed by atoms with E-state index in [1.165, 1.54) is 12.1 Å². The smallest absolute Gasteiger partial charge is 0.253 e. The van der Waals surface area contributed by atoms with Crippen LogP contribution in [0.3, 0.4) is 0 Å². The van der Waals surface area contributed by atoms with Gasteiger partial charge >= 0.3 is 0 Å². The maximum atomic E-state index is 13.6. The van der Waals surface area contributed by atoms with E-state index in [1.807, 2.05) is 0 Å². The summed E-state index contributed by atoms with van der Waals surface area (Å²) in [6.07, 6.45) is -0.833. The molecule has 1 aromatic heterocycles. The van der Waals surface area contributed by atoms with Gasteiger partial charge in [0.1, 0.15) is 10.4 Å². The summed E-state index contributed by atoms with van der Waals surface area (Å²) >= 11 is 6.70. The first-order chi connectivity index (χ1) is 9.84. The quantitative estimate of drug-likeness (QED) is 0.879. The Morgan fingerprint density at radius 2 is 2.29 bits per heavy atom. The maximum Gasteiger partial charge on any atom is 0.253 e. The van der Waals surface area contributed by atoms with Crippen molar-refractivity contribution >= 4 is 38.9 Å². The fraction of sp³-hybridized carbons (Fsp3) is 0.583. The van der Waals surface area contributed by atoms with Crippen molar-refractivity contribution in [3.8, 4) is 0 Å². The predicted octanol–water partition coefficient (Wildman–Crippen LogP) is 2.03. The van der Waals surface area contributed by atoms with Crippen LogP contribution in [0, 0.1) is 0 Å². The van der Waals surface area contributed by atoms with Crippen molar-refractivity contribution in [2.24, 2.45) is 0 Å². The third-order valence-electron chi connectivity index (χ3n) is 3.28. The lowest BCUT2D eigenvalue weighted by molar-refractivity contribution is -0.120. The third kappa shape index (κ3) is 3.74. The molecule has 0 saturated carbocycles. The van der Waals surface area contributed by atoms with Crippen LogP contribution in [0.5, 0.6) is 0 Å². The minimum absolute atomic E-state index is 0.0856. The number of carbonyl (C=O) groups is 1. The number of carbonyl (C=O) groups excluding carboxylic acids is 1. The summed E-state index contributed by atoms with van der Waals surface area (Å²) in [6, 6.07) is 2.34. The van der Waals surface area contributed by atoms with Crippen molar-refractivity contribution < 1.29 is 17.6 Å². The zero-order valence-electron chi connectivity index (χ0n) is 11.4.